The Balaban J connectivity index is 1.27. The van der Waals surface area contributed by atoms with Gasteiger partial charge in [0.25, 0.3) is 0 Å². The fourth-order valence-electron chi connectivity index (χ4n) is 13.0. The smallest absolute Gasteiger partial charge is 0.0594 e. The van der Waals surface area contributed by atoms with Gasteiger partial charge in [-0.1, -0.05) is 46.8 Å². The van der Waals surface area contributed by atoms with Crippen molar-refractivity contribution >= 4 is 0 Å². The summed E-state index contributed by atoms with van der Waals surface area (Å²) in [6.07, 6.45) is 18.2. The SMILES string of the molecule is C=C(C)[C@@H]1CC[C@]2(CCN[C@@H](C)c3ccncc3)CC[C@]3(C)[C@H](CC[C@@H]4[C@@]5(C)CC[C@H](O)C(C)(C)[C@@H]5CC[C@]43C)[C@@H]12. The van der Waals surface area contributed by atoms with Crippen LogP contribution >= 0.6 is 0 Å². The summed E-state index contributed by atoms with van der Waals surface area (Å²) in [7, 11) is 0. The number of pyridine rings is 1. The van der Waals surface area contributed by atoms with Crippen LogP contribution < -0.4 is 5.32 Å². The highest BCUT2D eigenvalue weighted by Crippen LogP contribution is 2.77. The van der Waals surface area contributed by atoms with Gasteiger partial charge in [-0.3, -0.25) is 4.98 Å². The molecule has 11 atom stereocenters. The van der Waals surface area contributed by atoms with Crippen molar-refractivity contribution in [1.29, 1.82) is 0 Å². The number of hydrogen-bond donors (Lipinski definition) is 2. The number of nitrogens with zero attached hydrogens (tertiary/aromatic N) is 1. The van der Waals surface area contributed by atoms with Crippen LogP contribution in [-0.2, 0) is 0 Å². The van der Waals surface area contributed by atoms with E-state index in [-0.39, 0.29) is 11.5 Å². The maximum Gasteiger partial charge on any atom is 0.0594 e. The fourth-order valence-corrected chi connectivity index (χ4v) is 13.0. The number of hydrogen-bond acceptors (Lipinski definition) is 3. The van der Waals surface area contributed by atoms with Gasteiger partial charge in [0.15, 0.2) is 0 Å². The molecule has 0 spiro atoms. The molecule has 5 fully saturated rings. The maximum absolute atomic E-state index is 11.1. The summed E-state index contributed by atoms with van der Waals surface area (Å²) < 4.78 is 0. The summed E-state index contributed by atoms with van der Waals surface area (Å²) in [5, 5.41) is 15.0. The molecule has 3 heteroatoms. The van der Waals surface area contributed by atoms with Crippen molar-refractivity contribution in [3.8, 4) is 0 Å². The molecule has 41 heavy (non-hydrogen) atoms. The molecule has 0 radical (unpaired) electrons. The van der Waals surface area contributed by atoms with E-state index in [2.05, 4.69) is 77.5 Å². The molecule has 5 aliphatic rings. The second-order valence-corrected chi connectivity index (χ2v) is 17.1. The number of fused-ring (bicyclic) bond motifs is 7. The molecule has 3 nitrogen and oxygen atoms in total. The molecule has 2 N–H and O–H groups in total. The van der Waals surface area contributed by atoms with Crippen LogP contribution in [-0.4, -0.2) is 22.7 Å². The largest absolute Gasteiger partial charge is 0.393 e. The van der Waals surface area contributed by atoms with E-state index in [9.17, 15) is 5.11 Å². The molecular formula is C38H60N2O. The number of aliphatic hydroxyl groups excluding tert-OH is 1. The topological polar surface area (TPSA) is 45.2 Å². The van der Waals surface area contributed by atoms with Gasteiger partial charge in [0, 0.05) is 18.4 Å². The van der Waals surface area contributed by atoms with E-state index in [1.807, 2.05) is 12.4 Å². The van der Waals surface area contributed by atoms with Crippen molar-refractivity contribution in [2.45, 2.75) is 131 Å². The lowest BCUT2D eigenvalue weighted by Crippen LogP contribution is -2.66. The van der Waals surface area contributed by atoms with Crippen LogP contribution in [0.3, 0.4) is 0 Å². The molecule has 0 bridgehead atoms. The van der Waals surface area contributed by atoms with Gasteiger partial charge in [0.2, 0.25) is 0 Å². The molecule has 0 saturated heterocycles. The zero-order chi connectivity index (χ0) is 29.4. The third-order valence-corrected chi connectivity index (χ3v) is 15.5. The number of aromatic nitrogens is 1. The van der Waals surface area contributed by atoms with Crippen LogP contribution in [0.5, 0.6) is 0 Å². The molecule has 6 rings (SSSR count). The van der Waals surface area contributed by atoms with Gasteiger partial charge < -0.3 is 10.4 Å². The molecule has 5 aliphatic carbocycles. The number of aliphatic hydroxyl groups is 1. The van der Waals surface area contributed by atoms with E-state index in [1.165, 1.54) is 75.3 Å². The predicted octanol–water partition coefficient (Wildman–Crippen LogP) is 9.14. The standard InChI is InChI=1S/C38H60N2O/c1-25(2)28-11-18-38(21-24-40-26(3)27-14-22-39-23-15-27)20-19-36(7)29(33(28)38)9-10-31-35(6)16-13-32(41)34(4,5)30(35)12-17-37(31,36)8/h14-15,22-23,26,28-33,40-41H,1,9-13,16-21,24H2,2-8H3/t26-,28-,29+,30-,31+,32-,33+,35-,36+,37+,38+/m0/s1. The van der Waals surface area contributed by atoms with E-state index in [4.69, 9.17) is 0 Å². The first-order chi connectivity index (χ1) is 19.3. The second kappa shape index (κ2) is 10.2. The highest BCUT2D eigenvalue weighted by molar-refractivity contribution is 5.22. The number of rotatable bonds is 6. The van der Waals surface area contributed by atoms with Crippen molar-refractivity contribution in [3.63, 3.8) is 0 Å². The molecule has 1 aromatic rings. The van der Waals surface area contributed by atoms with Gasteiger partial charge in [0.1, 0.15) is 0 Å². The van der Waals surface area contributed by atoms with Crippen LogP contribution in [0.15, 0.2) is 36.7 Å². The monoisotopic (exact) mass is 560 g/mol. The van der Waals surface area contributed by atoms with Crippen molar-refractivity contribution in [2.75, 3.05) is 6.54 Å². The van der Waals surface area contributed by atoms with Gasteiger partial charge in [-0.05, 0) is 165 Å². The summed E-state index contributed by atoms with van der Waals surface area (Å²) >= 11 is 0. The molecule has 228 valence electrons. The lowest BCUT2D eigenvalue weighted by atomic mass is 9.32. The average molecular weight is 561 g/mol. The molecule has 0 aromatic carbocycles. The predicted molar refractivity (Wildman–Crippen MR) is 170 cm³/mol. The van der Waals surface area contributed by atoms with Crippen LogP contribution in [0.25, 0.3) is 0 Å². The van der Waals surface area contributed by atoms with Crippen LogP contribution in [0.1, 0.15) is 131 Å². The fraction of sp³-hybridized carbons (Fsp3) is 0.816. The minimum Gasteiger partial charge on any atom is -0.393 e. The maximum atomic E-state index is 11.1. The minimum atomic E-state index is -0.142. The van der Waals surface area contributed by atoms with Crippen molar-refractivity contribution in [3.05, 3.63) is 42.2 Å². The number of nitrogens with one attached hydrogen (secondary N) is 1. The second-order valence-electron chi connectivity index (χ2n) is 17.1. The lowest BCUT2D eigenvalue weighted by Gasteiger charge is -2.73. The summed E-state index contributed by atoms with van der Waals surface area (Å²) in [5.41, 5.74) is 4.42. The van der Waals surface area contributed by atoms with E-state index < -0.39 is 0 Å². The Kier molecular flexibility index (Phi) is 7.42. The van der Waals surface area contributed by atoms with Crippen LogP contribution in [0.4, 0.5) is 0 Å². The first kappa shape index (κ1) is 29.9. The first-order valence-electron chi connectivity index (χ1n) is 17.3. The summed E-state index contributed by atoms with van der Waals surface area (Å²) in [5.74, 6) is 3.70. The molecule has 5 saturated carbocycles. The summed E-state index contributed by atoms with van der Waals surface area (Å²) in [4.78, 5) is 4.22. The van der Waals surface area contributed by atoms with Gasteiger partial charge in [-0.2, -0.15) is 0 Å². The molecule has 0 amide bonds. The first-order valence-corrected chi connectivity index (χ1v) is 17.3. The molecular weight excluding hydrogens is 500 g/mol. The van der Waals surface area contributed by atoms with Crippen LogP contribution in [0.2, 0.25) is 0 Å². The van der Waals surface area contributed by atoms with E-state index in [0.717, 1.165) is 30.7 Å². The van der Waals surface area contributed by atoms with Gasteiger partial charge in [-0.25, -0.2) is 0 Å². The van der Waals surface area contributed by atoms with Crippen molar-refractivity contribution in [2.24, 2.45) is 56.7 Å². The van der Waals surface area contributed by atoms with Crippen molar-refractivity contribution in [1.82, 2.24) is 10.3 Å². The third-order valence-electron chi connectivity index (χ3n) is 15.5. The Hall–Kier alpha value is -1.19. The highest BCUT2D eigenvalue weighted by atomic mass is 16.3. The van der Waals surface area contributed by atoms with E-state index in [1.54, 1.807) is 0 Å². The minimum absolute atomic E-state index is 0.0324. The number of allylic oxidation sites excluding steroid dienone is 1. The molecule has 0 aliphatic heterocycles. The Bertz CT molecular complexity index is 1130. The molecule has 1 aromatic heterocycles. The van der Waals surface area contributed by atoms with Crippen molar-refractivity contribution < 1.29 is 5.11 Å². The average Bonchev–Trinajstić information content (AvgIpc) is 3.32. The quantitative estimate of drug-likeness (QED) is 0.341. The van der Waals surface area contributed by atoms with Gasteiger partial charge in [0.05, 0.1) is 6.10 Å². The third kappa shape index (κ3) is 4.28. The summed E-state index contributed by atoms with van der Waals surface area (Å²) in [6, 6.07) is 4.67. The zero-order valence-corrected chi connectivity index (χ0v) is 27.4. The lowest BCUT2D eigenvalue weighted by molar-refractivity contribution is -0.247. The zero-order valence-electron chi connectivity index (χ0n) is 27.4. The molecule has 0 unspecified atom stereocenters. The highest BCUT2D eigenvalue weighted by Gasteiger charge is 2.70. The van der Waals surface area contributed by atoms with E-state index in [0.29, 0.717) is 39.5 Å². The van der Waals surface area contributed by atoms with Crippen LogP contribution in [0, 0.1) is 56.7 Å². The Morgan fingerprint density at radius 1 is 0.927 bits per heavy atom. The van der Waals surface area contributed by atoms with E-state index >= 15 is 0 Å². The van der Waals surface area contributed by atoms with Gasteiger partial charge >= 0.3 is 0 Å². The Morgan fingerprint density at radius 3 is 2.37 bits per heavy atom. The summed E-state index contributed by atoms with van der Waals surface area (Å²) in [6.45, 7) is 23.3. The Morgan fingerprint density at radius 2 is 1.66 bits per heavy atom. The van der Waals surface area contributed by atoms with Gasteiger partial charge in [-0.15, -0.1) is 0 Å². The normalized spacial score (nSPS) is 47.4. The Labute approximate surface area is 251 Å². The molecule has 1 heterocycles.